The first-order chi connectivity index (χ1) is 12.2. The van der Waals surface area contributed by atoms with Crippen molar-refractivity contribution in [1.82, 2.24) is 4.90 Å². The van der Waals surface area contributed by atoms with Gasteiger partial charge in [-0.1, -0.05) is 32.9 Å². The molecular weight excluding hydrogens is 329 g/mol. The van der Waals surface area contributed by atoms with E-state index in [0.717, 1.165) is 24.6 Å². The number of hydrogen-bond acceptors (Lipinski definition) is 2. The van der Waals surface area contributed by atoms with E-state index in [9.17, 15) is 14.3 Å². The van der Waals surface area contributed by atoms with E-state index >= 15 is 0 Å². The fourth-order valence-electron chi connectivity index (χ4n) is 4.97. The Labute approximate surface area is 156 Å². The molecule has 0 aromatic heterocycles. The fourth-order valence-corrected chi connectivity index (χ4v) is 4.97. The van der Waals surface area contributed by atoms with Crippen molar-refractivity contribution >= 4 is 5.97 Å². The zero-order valence-corrected chi connectivity index (χ0v) is 16.3. The van der Waals surface area contributed by atoms with Gasteiger partial charge in [-0.3, -0.25) is 4.79 Å². The normalized spacial score (nSPS) is 27.2. The third-order valence-corrected chi connectivity index (χ3v) is 6.90. The van der Waals surface area contributed by atoms with Crippen LogP contribution in [0.5, 0.6) is 0 Å². The average molecular weight is 362 g/mol. The number of rotatable bonds is 3. The third kappa shape index (κ3) is 3.80. The highest BCUT2D eigenvalue weighted by Gasteiger charge is 2.44. The minimum atomic E-state index is -0.868. The van der Waals surface area contributed by atoms with Gasteiger partial charge in [-0.2, -0.15) is 0 Å². The lowest BCUT2D eigenvalue weighted by molar-refractivity contribution is -0.146. The van der Waals surface area contributed by atoms with Crippen molar-refractivity contribution in [3.8, 4) is 0 Å². The Kier molecular flexibility index (Phi) is 5.43. The number of halogens is 1. The number of piperidine rings is 1. The molecule has 1 saturated heterocycles. The van der Waals surface area contributed by atoms with Crippen molar-refractivity contribution in [1.29, 1.82) is 0 Å². The Morgan fingerprint density at radius 1 is 1.08 bits per heavy atom. The number of likely N-dealkylation sites (tertiary alicyclic amines) is 1. The maximum Gasteiger partial charge on any atom is 0.314 e. The molecule has 1 heterocycles. The zero-order chi connectivity index (χ0) is 18.9. The second kappa shape index (κ2) is 7.30. The van der Waals surface area contributed by atoms with E-state index < -0.39 is 11.4 Å². The van der Waals surface area contributed by atoms with Crippen LogP contribution >= 0.6 is 0 Å². The second-order valence-corrected chi connectivity index (χ2v) is 9.30. The summed E-state index contributed by atoms with van der Waals surface area (Å²) in [6.07, 6.45) is 6.19. The van der Waals surface area contributed by atoms with Gasteiger partial charge in [-0.25, -0.2) is 4.39 Å². The molecule has 1 aliphatic heterocycles. The predicted octanol–water partition coefficient (Wildman–Crippen LogP) is 4.85. The molecule has 144 valence electrons. The van der Waals surface area contributed by atoms with E-state index in [4.69, 9.17) is 0 Å². The van der Waals surface area contributed by atoms with Gasteiger partial charge in [0.05, 0.1) is 5.41 Å². The number of carboxylic acids is 1. The maximum atomic E-state index is 13.2. The van der Waals surface area contributed by atoms with Crippen molar-refractivity contribution < 1.29 is 14.3 Å². The Morgan fingerprint density at radius 2 is 1.62 bits per heavy atom. The SMILES string of the molecule is CC(C)(C)C1CCC(N2CCC(C(=O)O)(c3ccc(F)cc3)CC2)CC1. The van der Waals surface area contributed by atoms with Crippen LogP contribution in [0.15, 0.2) is 24.3 Å². The Bertz CT molecular complexity index is 619. The fraction of sp³-hybridized carbons (Fsp3) is 0.682. The van der Waals surface area contributed by atoms with Crippen LogP contribution in [0.2, 0.25) is 0 Å². The van der Waals surface area contributed by atoms with Crippen LogP contribution in [0.25, 0.3) is 0 Å². The van der Waals surface area contributed by atoms with Crippen LogP contribution < -0.4 is 0 Å². The summed E-state index contributed by atoms with van der Waals surface area (Å²) >= 11 is 0. The molecule has 2 fully saturated rings. The van der Waals surface area contributed by atoms with Gasteiger partial charge in [0, 0.05) is 6.04 Å². The molecule has 0 unspecified atom stereocenters. The van der Waals surface area contributed by atoms with Gasteiger partial charge in [-0.15, -0.1) is 0 Å². The number of carboxylic acid groups (broad SMARTS) is 1. The van der Waals surface area contributed by atoms with E-state index in [1.165, 1.54) is 37.8 Å². The molecule has 3 nitrogen and oxygen atoms in total. The molecule has 3 rings (SSSR count). The molecule has 1 N–H and O–H groups in total. The maximum absolute atomic E-state index is 13.2. The van der Waals surface area contributed by atoms with Crippen molar-refractivity contribution in [3.05, 3.63) is 35.6 Å². The van der Waals surface area contributed by atoms with E-state index in [1.807, 2.05) is 0 Å². The van der Waals surface area contributed by atoms with Crippen LogP contribution in [-0.2, 0) is 10.2 Å². The molecule has 0 atom stereocenters. The summed E-state index contributed by atoms with van der Waals surface area (Å²) in [6, 6.07) is 6.63. The van der Waals surface area contributed by atoms with Gasteiger partial charge in [0.25, 0.3) is 0 Å². The average Bonchev–Trinajstić information content (AvgIpc) is 2.62. The summed E-state index contributed by atoms with van der Waals surface area (Å²) in [5.41, 5.74) is 0.253. The minimum Gasteiger partial charge on any atom is -0.481 e. The van der Waals surface area contributed by atoms with Gasteiger partial charge >= 0.3 is 5.97 Å². The summed E-state index contributed by atoms with van der Waals surface area (Å²) in [5, 5.41) is 9.92. The van der Waals surface area contributed by atoms with Gasteiger partial charge in [0.15, 0.2) is 0 Å². The number of benzene rings is 1. The van der Waals surface area contributed by atoms with E-state index in [1.54, 1.807) is 12.1 Å². The van der Waals surface area contributed by atoms with Gasteiger partial charge in [0.1, 0.15) is 5.82 Å². The quantitative estimate of drug-likeness (QED) is 0.837. The molecule has 1 saturated carbocycles. The van der Waals surface area contributed by atoms with Gasteiger partial charge in [0.2, 0.25) is 0 Å². The van der Waals surface area contributed by atoms with Crippen LogP contribution in [0.3, 0.4) is 0 Å². The monoisotopic (exact) mass is 361 g/mol. The standard InChI is InChI=1S/C22H32FNO2/c1-21(2,3)16-6-10-19(11-7-16)24-14-12-22(13-15-24,20(25)26)17-4-8-18(23)9-5-17/h4-5,8-9,16,19H,6-7,10-15H2,1-3H3,(H,25,26). The lowest BCUT2D eigenvalue weighted by Crippen LogP contribution is -2.51. The number of carbonyl (C=O) groups is 1. The van der Waals surface area contributed by atoms with Crippen LogP contribution in [-0.4, -0.2) is 35.1 Å². The first kappa shape index (κ1) is 19.3. The molecule has 0 amide bonds. The lowest BCUT2D eigenvalue weighted by Gasteiger charge is -2.45. The summed E-state index contributed by atoms with van der Waals surface area (Å²) < 4.78 is 13.2. The topological polar surface area (TPSA) is 40.5 Å². The molecule has 4 heteroatoms. The van der Waals surface area contributed by atoms with Crippen LogP contribution in [0.1, 0.15) is 64.9 Å². The number of nitrogens with zero attached hydrogens (tertiary/aromatic N) is 1. The molecule has 26 heavy (non-hydrogen) atoms. The second-order valence-electron chi connectivity index (χ2n) is 9.30. The Balaban J connectivity index is 1.64. The van der Waals surface area contributed by atoms with Crippen molar-refractivity contribution in [3.63, 3.8) is 0 Å². The van der Waals surface area contributed by atoms with Gasteiger partial charge in [-0.05, 0) is 80.6 Å². The van der Waals surface area contributed by atoms with E-state index in [2.05, 4.69) is 25.7 Å². The summed E-state index contributed by atoms with van der Waals surface area (Å²) in [6.45, 7) is 8.64. The molecule has 0 bridgehead atoms. The highest BCUT2D eigenvalue weighted by Crippen LogP contribution is 2.41. The summed E-state index contributed by atoms with van der Waals surface area (Å²) in [5.74, 6) is -0.302. The van der Waals surface area contributed by atoms with Crippen molar-refractivity contribution in [2.75, 3.05) is 13.1 Å². The molecular formula is C22H32FNO2. The first-order valence-corrected chi connectivity index (χ1v) is 9.96. The number of aliphatic carboxylic acids is 1. The van der Waals surface area contributed by atoms with Crippen LogP contribution in [0.4, 0.5) is 4.39 Å². The molecule has 1 aliphatic carbocycles. The van der Waals surface area contributed by atoms with Crippen molar-refractivity contribution in [2.45, 2.75) is 70.8 Å². The Hall–Kier alpha value is -1.42. The molecule has 1 aromatic carbocycles. The molecule has 2 aliphatic rings. The van der Waals surface area contributed by atoms with E-state index in [0.29, 0.717) is 24.3 Å². The molecule has 0 radical (unpaired) electrons. The van der Waals surface area contributed by atoms with Gasteiger partial charge < -0.3 is 10.0 Å². The largest absolute Gasteiger partial charge is 0.481 e. The number of hydrogen-bond donors (Lipinski definition) is 1. The highest BCUT2D eigenvalue weighted by atomic mass is 19.1. The zero-order valence-electron chi connectivity index (χ0n) is 16.3. The third-order valence-electron chi connectivity index (χ3n) is 6.90. The van der Waals surface area contributed by atoms with Crippen molar-refractivity contribution in [2.24, 2.45) is 11.3 Å². The predicted molar refractivity (Wildman–Crippen MR) is 102 cm³/mol. The first-order valence-electron chi connectivity index (χ1n) is 9.96. The Morgan fingerprint density at radius 3 is 2.08 bits per heavy atom. The minimum absolute atomic E-state index is 0.317. The smallest absolute Gasteiger partial charge is 0.314 e. The highest BCUT2D eigenvalue weighted by molar-refractivity contribution is 5.81. The molecule has 0 spiro atoms. The molecule has 1 aromatic rings. The summed E-state index contributed by atoms with van der Waals surface area (Å²) in [4.78, 5) is 14.6. The lowest BCUT2D eigenvalue weighted by atomic mass is 9.69. The van der Waals surface area contributed by atoms with E-state index in [-0.39, 0.29) is 5.82 Å². The van der Waals surface area contributed by atoms with Crippen LogP contribution in [0, 0.1) is 17.2 Å². The summed E-state index contributed by atoms with van der Waals surface area (Å²) in [7, 11) is 0.